The Morgan fingerprint density at radius 3 is 2.26 bits per heavy atom. The van der Waals surface area contributed by atoms with Gasteiger partial charge in [0.05, 0.1) is 0 Å². The fourth-order valence-corrected chi connectivity index (χ4v) is 6.53. The van der Waals surface area contributed by atoms with Crippen molar-refractivity contribution >= 4 is 23.2 Å². The normalized spacial score (nSPS) is 20.0. The number of thiophene rings is 1. The third kappa shape index (κ3) is 5.31. The minimum Gasteiger partial charge on any atom is -0.482 e. The van der Waals surface area contributed by atoms with E-state index in [9.17, 15) is 9.59 Å². The van der Waals surface area contributed by atoms with Crippen molar-refractivity contribution in [3.05, 3.63) is 41.3 Å². The average molecular weight is 482 g/mol. The van der Waals surface area contributed by atoms with Gasteiger partial charge in [-0.3, -0.25) is 14.5 Å². The molecule has 2 amide bonds. The molecule has 2 aliphatic heterocycles. The third-order valence-electron chi connectivity index (χ3n) is 7.45. The molecule has 1 saturated carbocycles. The fourth-order valence-electron chi connectivity index (χ4n) is 5.45. The second-order valence-corrected chi connectivity index (χ2v) is 10.7. The summed E-state index contributed by atoms with van der Waals surface area (Å²) < 4.78 is 6.03. The number of amides is 2. The minimum absolute atomic E-state index is 0.00994. The lowest BCUT2D eigenvalue weighted by atomic mass is 10.1. The van der Waals surface area contributed by atoms with Crippen LogP contribution < -0.4 is 4.74 Å². The second kappa shape index (κ2) is 10.9. The summed E-state index contributed by atoms with van der Waals surface area (Å²) in [7, 11) is 0. The maximum Gasteiger partial charge on any atom is 0.267 e. The quantitative estimate of drug-likeness (QED) is 0.609. The van der Waals surface area contributed by atoms with E-state index in [-0.39, 0.29) is 18.4 Å². The van der Waals surface area contributed by atoms with Crippen LogP contribution in [0, 0.1) is 0 Å². The van der Waals surface area contributed by atoms with E-state index in [0.29, 0.717) is 16.7 Å². The molecule has 182 valence electrons. The van der Waals surface area contributed by atoms with Gasteiger partial charge in [-0.15, -0.1) is 11.3 Å². The van der Waals surface area contributed by atoms with Crippen LogP contribution in [0.4, 0.5) is 0 Å². The molecule has 2 aromatic rings. The first kappa shape index (κ1) is 23.4. The molecule has 0 spiro atoms. The lowest BCUT2D eigenvalue weighted by Crippen LogP contribution is -2.51. The predicted molar refractivity (Wildman–Crippen MR) is 135 cm³/mol. The molecule has 0 unspecified atom stereocenters. The Kier molecular flexibility index (Phi) is 7.50. The van der Waals surface area contributed by atoms with Crippen LogP contribution in [0.5, 0.6) is 5.75 Å². The Bertz CT molecular complexity index is 972. The lowest BCUT2D eigenvalue weighted by molar-refractivity contribution is -0.134. The first-order valence-electron chi connectivity index (χ1n) is 12.8. The highest BCUT2D eigenvalue weighted by Gasteiger charge is 2.30. The topological polar surface area (TPSA) is 53.1 Å². The SMILES string of the molecule is O=C(COc1cc(-c2ccccc2)sc1C(=O)N1CCN(C2CCCC2)CC1)N1CCCCC1. The van der Waals surface area contributed by atoms with Gasteiger partial charge in [0.15, 0.2) is 6.61 Å². The Balaban J connectivity index is 1.29. The fraction of sp³-hybridized carbons (Fsp3) is 0.556. The number of nitrogens with zero attached hydrogens (tertiary/aromatic N) is 3. The number of piperazine rings is 1. The smallest absolute Gasteiger partial charge is 0.267 e. The Morgan fingerprint density at radius 2 is 1.56 bits per heavy atom. The zero-order valence-corrected chi connectivity index (χ0v) is 20.7. The number of carbonyl (C=O) groups is 2. The molecule has 5 rings (SSSR count). The van der Waals surface area contributed by atoms with Crippen LogP contribution in [-0.4, -0.2) is 78.4 Å². The van der Waals surface area contributed by atoms with Gasteiger partial charge < -0.3 is 14.5 Å². The van der Waals surface area contributed by atoms with Crippen molar-refractivity contribution in [2.45, 2.75) is 51.0 Å². The molecule has 2 saturated heterocycles. The standard InChI is InChI=1S/C27H35N3O3S/c31-25(29-13-7-2-8-14-29)20-33-23-19-24(21-9-3-1-4-10-21)34-26(23)27(32)30-17-15-28(16-18-30)22-11-5-6-12-22/h1,3-4,9-10,19,22H,2,5-8,11-18,20H2. The first-order valence-corrected chi connectivity index (χ1v) is 13.6. The Morgan fingerprint density at radius 1 is 0.853 bits per heavy atom. The summed E-state index contributed by atoms with van der Waals surface area (Å²) in [4.78, 5) is 34.3. The van der Waals surface area contributed by atoms with Gasteiger partial charge in [-0.05, 0) is 43.7 Å². The van der Waals surface area contributed by atoms with E-state index in [1.165, 1.54) is 43.4 Å². The molecule has 34 heavy (non-hydrogen) atoms. The molecule has 3 aliphatic rings. The summed E-state index contributed by atoms with van der Waals surface area (Å²) in [6, 6.07) is 12.7. The van der Waals surface area contributed by atoms with Crippen LogP contribution in [0.15, 0.2) is 36.4 Å². The van der Waals surface area contributed by atoms with Crippen molar-refractivity contribution in [1.82, 2.24) is 14.7 Å². The number of rotatable bonds is 6. The second-order valence-electron chi connectivity index (χ2n) is 9.67. The summed E-state index contributed by atoms with van der Waals surface area (Å²) in [6.07, 6.45) is 8.54. The number of hydrogen-bond acceptors (Lipinski definition) is 5. The highest BCUT2D eigenvalue weighted by molar-refractivity contribution is 7.17. The Labute approximate surface area is 206 Å². The van der Waals surface area contributed by atoms with Crippen LogP contribution >= 0.6 is 11.3 Å². The van der Waals surface area contributed by atoms with Crippen LogP contribution in [0.25, 0.3) is 10.4 Å². The number of benzene rings is 1. The molecule has 7 heteroatoms. The molecule has 1 aliphatic carbocycles. The molecule has 0 radical (unpaired) electrons. The van der Waals surface area contributed by atoms with Crippen molar-refractivity contribution in [2.24, 2.45) is 0 Å². The van der Waals surface area contributed by atoms with Gasteiger partial charge in [-0.1, -0.05) is 43.2 Å². The van der Waals surface area contributed by atoms with E-state index in [0.717, 1.165) is 62.6 Å². The molecule has 0 bridgehead atoms. The van der Waals surface area contributed by atoms with Gasteiger partial charge in [0.1, 0.15) is 10.6 Å². The summed E-state index contributed by atoms with van der Waals surface area (Å²) in [5.74, 6) is 0.576. The van der Waals surface area contributed by atoms with Gasteiger partial charge in [-0.25, -0.2) is 0 Å². The summed E-state index contributed by atoms with van der Waals surface area (Å²) in [5, 5.41) is 0. The average Bonchev–Trinajstić information content (AvgIpc) is 3.59. The molecule has 3 fully saturated rings. The van der Waals surface area contributed by atoms with Gasteiger partial charge in [0, 0.05) is 50.2 Å². The van der Waals surface area contributed by atoms with Crippen LogP contribution in [0.3, 0.4) is 0 Å². The highest BCUT2D eigenvalue weighted by atomic mass is 32.1. The molecule has 3 heterocycles. The molecular weight excluding hydrogens is 446 g/mol. The van der Waals surface area contributed by atoms with Crippen molar-refractivity contribution < 1.29 is 14.3 Å². The first-order chi connectivity index (χ1) is 16.7. The maximum absolute atomic E-state index is 13.6. The number of piperidine rings is 1. The number of ether oxygens (including phenoxy) is 1. The monoisotopic (exact) mass is 481 g/mol. The number of hydrogen-bond donors (Lipinski definition) is 0. The van der Waals surface area contributed by atoms with Crippen LogP contribution in [0.2, 0.25) is 0 Å². The largest absolute Gasteiger partial charge is 0.482 e. The van der Waals surface area contributed by atoms with Gasteiger partial charge in [-0.2, -0.15) is 0 Å². The van der Waals surface area contributed by atoms with Crippen molar-refractivity contribution in [1.29, 1.82) is 0 Å². The van der Waals surface area contributed by atoms with Crippen molar-refractivity contribution in [3.63, 3.8) is 0 Å². The maximum atomic E-state index is 13.6. The predicted octanol–water partition coefficient (Wildman–Crippen LogP) is 4.51. The summed E-state index contributed by atoms with van der Waals surface area (Å²) in [6.45, 7) is 4.98. The molecule has 1 aromatic carbocycles. The summed E-state index contributed by atoms with van der Waals surface area (Å²) in [5.41, 5.74) is 1.06. The molecule has 0 atom stereocenters. The number of carbonyl (C=O) groups excluding carboxylic acids is 2. The third-order valence-corrected chi connectivity index (χ3v) is 8.61. The Hall–Kier alpha value is -2.38. The van der Waals surface area contributed by atoms with Crippen LogP contribution in [0.1, 0.15) is 54.6 Å². The summed E-state index contributed by atoms with van der Waals surface area (Å²) >= 11 is 1.47. The van der Waals surface area contributed by atoms with E-state index in [2.05, 4.69) is 4.90 Å². The molecular formula is C27H35N3O3S. The van der Waals surface area contributed by atoms with Gasteiger partial charge in [0.25, 0.3) is 11.8 Å². The zero-order chi connectivity index (χ0) is 23.3. The molecule has 6 nitrogen and oxygen atoms in total. The van der Waals surface area contributed by atoms with E-state index >= 15 is 0 Å². The van der Waals surface area contributed by atoms with Gasteiger partial charge in [0.2, 0.25) is 0 Å². The minimum atomic E-state index is -0.0132. The van der Waals surface area contributed by atoms with E-state index in [4.69, 9.17) is 4.74 Å². The highest BCUT2D eigenvalue weighted by Crippen LogP contribution is 2.37. The molecule has 0 N–H and O–H groups in total. The molecule has 1 aromatic heterocycles. The van der Waals surface area contributed by atoms with E-state index in [1.54, 1.807) is 0 Å². The van der Waals surface area contributed by atoms with E-state index < -0.39 is 0 Å². The lowest BCUT2D eigenvalue weighted by Gasteiger charge is -2.38. The van der Waals surface area contributed by atoms with Gasteiger partial charge >= 0.3 is 0 Å². The van der Waals surface area contributed by atoms with Crippen molar-refractivity contribution in [2.75, 3.05) is 45.9 Å². The zero-order valence-electron chi connectivity index (χ0n) is 19.9. The van der Waals surface area contributed by atoms with E-state index in [1.807, 2.05) is 46.2 Å². The van der Waals surface area contributed by atoms with Crippen molar-refractivity contribution in [3.8, 4) is 16.2 Å². The van der Waals surface area contributed by atoms with Crippen LogP contribution in [-0.2, 0) is 4.79 Å². The number of likely N-dealkylation sites (tertiary alicyclic amines) is 1.